The van der Waals surface area contributed by atoms with E-state index in [0.29, 0.717) is 30.3 Å². The standard InChI is InChI=1S/C17H25NO3/c1-5-11-20-16-8-7-14(13-17(16)21-12-6-2)15(19)9-10-18(3)4/h7-10,13H,5-6,11-12H2,1-4H3. The molecule has 0 aromatic heterocycles. The maximum absolute atomic E-state index is 12.1. The Kier molecular flexibility index (Phi) is 7.37. The summed E-state index contributed by atoms with van der Waals surface area (Å²) in [6.45, 7) is 5.34. The smallest absolute Gasteiger partial charge is 0.187 e. The Hall–Kier alpha value is -1.97. The molecule has 0 saturated carbocycles. The fraction of sp³-hybridized carbons (Fsp3) is 0.471. The van der Waals surface area contributed by atoms with Crippen molar-refractivity contribution in [2.45, 2.75) is 26.7 Å². The van der Waals surface area contributed by atoms with E-state index in [0.717, 1.165) is 12.8 Å². The van der Waals surface area contributed by atoms with Gasteiger partial charge in [-0.05, 0) is 31.0 Å². The Morgan fingerprint density at radius 1 is 1.10 bits per heavy atom. The number of hydrogen-bond donors (Lipinski definition) is 0. The van der Waals surface area contributed by atoms with Crippen molar-refractivity contribution >= 4 is 5.78 Å². The predicted octanol–water partition coefficient (Wildman–Crippen LogP) is 3.52. The largest absolute Gasteiger partial charge is 0.490 e. The topological polar surface area (TPSA) is 38.8 Å². The third-order valence-electron chi connectivity index (χ3n) is 2.68. The van der Waals surface area contributed by atoms with Gasteiger partial charge in [-0.25, -0.2) is 0 Å². The van der Waals surface area contributed by atoms with Crippen molar-refractivity contribution in [3.63, 3.8) is 0 Å². The molecule has 0 aliphatic heterocycles. The molecule has 0 fully saturated rings. The molecule has 1 rings (SSSR count). The van der Waals surface area contributed by atoms with Crippen LogP contribution in [0, 0.1) is 0 Å². The van der Waals surface area contributed by atoms with Crippen LogP contribution in [-0.2, 0) is 0 Å². The van der Waals surface area contributed by atoms with Crippen LogP contribution in [0.4, 0.5) is 0 Å². The summed E-state index contributed by atoms with van der Waals surface area (Å²) in [5, 5.41) is 0. The number of benzene rings is 1. The quantitative estimate of drug-likeness (QED) is 0.515. The third kappa shape index (κ3) is 5.90. The van der Waals surface area contributed by atoms with Crippen molar-refractivity contribution in [2.24, 2.45) is 0 Å². The fourth-order valence-electron chi connectivity index (χ4n) is 1.63. The van der Waals surface area contributed by atoms with Crippen LogP contribution in [0.25, 0.3) is 0 Å². The molecule has 21 heavy (non-hydrogen) atoms. The molecule has 1 aromatic carbocycles. The molecule has 1 aromatic rings. The normalized spacial score (nSPS) is 10.7. The number of carbonyl (C=O) groups is 1. The van der Waals surface area contributed by atoms with Gasteiger partial charge in [0.15, 0.2) is 17.3 Å². The van der Waals surface area contributed by atoms with Gasteiger partial charge < -0.3 is 14.4 Å². The summed E-state index contributed by atoms with van der Waals surface area (Å²) in [5.41, 5.74) is 0.600. The first kappa shape index (κ1) is 17.1. The van der Waals surface area contributed by atoms with E-state index in [1.54, 1.807) is 30.5 Å². The van der Waals surface area contributed by atoms with E-state index in [1.807, 2.05) is 25.9 Å². The molecular weight excluding hydrogens is 266 g/mol. The van der Waals surface area contributed by atoms with Crippen LogP contribution >= 0.6 is 0 Å². The molecule has 0 atom stereocenters. The van der Waals surface area contributed by atoms with Crippen LogP contribution < -0.4 is 9.47 Å². The van der Waals surface area contributed by atoms with Crippen LogP contribution in [0.2, 0.25) is 0 Å². The lowest BCUT2D eigenvalue weighted by Crippen LogP contribution is -2.05. The number of allylic oxidation sites excluding steroid dienone is 1. The van der Waals surface area contributed by atoms with Crippen molar-refractivity contribution in [2.75, 3.05) is 27.3 Å². The molecule has 0 saturated heterocycles. The van der Waals surface area contributed by atoms with E-state index in [1.165, 1.54) is 0 Å². The molecule has 0 heterocycles. The summed E-state index contributed by atoms with van der Waals surface area (Å²) in [5.74, 6) is 1.28. The highest BCUT2D eigenvalue weighted by atomic mass is 16.5. The Bertz CT molecular complexity index is 481. The monoisotopic (exact) mass is 291 g/mol. The van der Waals surface area contributed by atoms with E-state index >= 15 is 0 Å². The van der Waals surface area contributed by atoms with Gasteiger partial charge in [0.2, 0.25) is 0 Å². The first-order valence-corrected chi connectivity index (χ1v) is 7.37. The average molecular weight is 291 g/mol. The lowest BCUT2D eigenvalue weighted by Gasteiger charge is -2.13. The van der Waals surface area contributed by atoms with Crippen molar-refractivity contribution in [1.82, 2.24) is 4.90 Å². The minimum absolute atomic E-state index is 0.0490. The van der Waals surface area contributed by atoms with Gasteiger partial charge in [0.05, 0.1) is 13.2 Å². The molecular formula is C17H25NO3. The zero-order valence-corrected chi connectivity index (χ0v) is 13.4. The lowest BCUT2D eigenvalue weighted by atomic mass is 10.1. The highest BCUT2D eigenvalue weighted by molar-refractivity contribution is 6.04. The van der Waals surface area contributed by atoms with E-state index in [4.69, 9.17) is 9.47 Å². The van der Waals surface area contributed by atoms with Crippen molar-refractivity contribution in [3.8, 4) is 11.5 Å². The van der Waals surface area contributed by atoms with Gasteiger partial charge >= 0.3 is 0 Å². The molecule has 0 spiro atoms. The van der Waals surface area contributed by atoms with Crippen LogP contribution in [0.5, 0.6) is 11.5 Å². The molecule has 0 unspecified atom stereocenters. The molecule has 0 radical (unpaired) electrons. The zero-order valence-electron chi connectivity index (χ0n) is 13.4. The van der Waals surface area contributed by atoms with Gasteiger partial charge in [-0.2, -0.15) is 0 Å². The van der Waals surface area contributed by atoms with Crippen molar-refractivity contribution in [3.05, 3.63) is 36.0 Å². The molecule has 0 aliphatic carbocycles. The van der Waals surface area contributed by atoms with Gasteiger partial charge in [-0.15, -0.1) is 0 Å². The Balaban J connectivity index is 2.94. The lowest BCUT2D eigenvalue weighted by molar-refractivity contribution is 0.104. The minimum Gasteiger partial charge on any atom is -0.490 e. The van der Waals surface area contributed by atoms with Crippen LogP contribution in [-0.4, -0.2) is 38.0 Å². The maximum Gasteiger partial charge on any atom is 0.187 e. The van der Waals surface area contributed by atoms with Gasteiger partial charge in [0.1, 0.15) is 0 Å². The van der Waals surface area contributed by atoms with Crippen molar-refractivity contribution < 1.29 is 14.3 Å². The molecule has 4 heteroatoms. The number of ketones is 1. The Labute approximate surface area is 127 Å². The first-order valence-electron chi connectivity index (χ1n) is 7.37. The summed E-state index contributed by atoms with van der Waals surface area (Å²) in [7, 11) is 3.75. The maximum atomic E-state index is 12.1. The van der Waals surface area contributed by atoms with Crippen molar-refractivity contribution in [1.29, 1.82) is 0 Å². The third-order valence-corrected chi connectivity index (χ3v) is 2.68. The minimum atomic E-state index is -0.0490. The summed E-state index contributed by atoms with van der Waals surface area (Å²) < 4.78 is 11.3. The van der Waals surface area contributed by atoms with E-state index in [2.05, 4.69) is 6.92 Å². The Morgan fingerprint density at radius 3 is 2.29 bits per heavy atom. The number of carbonyl (C=O) groups excluding carboxylic acids is 1. The number of ether oxygens (including phenoxy) is 2. The molecule has 0 bridgehead atoms. The second-order valence-corrected chi connectivity index (χ2v) is 5.00. The first-order chi connectivity index (χ1) is 10.1. The zero-order chi connectivity index (χ0) is 15.7. The van der Waals surface area contributed by atoms with Gasteiger partial charge in [-0.3, -0.25) is 4.79 Å². The number of rotatable bonds is 9. The highest BCUT2D eigenvalue weighted by Gasteiger charge is 2.10. The molecule has 116 valence electrons. The van der Waals surface area contributed by atoms with Crippen LogP contribution in [0.3, 0.4) is 0 Å². The fourth-order valence-corrected chi connectivity index (χ4v) is 1.63. The average Bonchev–Trinajstić information content (AvgIpc) is 2.48. The van der Waals surface area contributed by atoms with Gasteiger partial charge in [-0.1, -0.05) is 13.8 Å². The second-order valence-electron chi connectivity index (χ2n) is 5.00. The summed E-state index contributed by atoms with van der Waals surface area (Å²) in [4.78, 5) is 13.9. The molecule has 0 amide bonds. The molecule has 0 N–H and O–H groups in total. The second kappa shape index (κ2) is 9.06. The van der Waals surface area contributed by atoms with E-state index in [-0.39, 0.29) is 5.78 Å². The van der Waals surface area contributed by atoms with Gasteiger partial charge in [0.25, 0.3) is 0 Å². The number of nitrogens with zero attached hydrogens (tertiary/aromatic N) is 1. The number of hydrogen-bond acceptors (Lipinski definition) is 4. The SMILES string of the molecule is CCCOc1ccc(C(=O)C=CN(C)C)cc1OCCC. The van der Waals surface area contributed by atoms with Crippen LogP contribution in [0.1, 0.15) is 37.0 Å². The van der Waals surface area contributed by atoms with Crippen LogP contribution in [0.15, 0.2) is 30.5 Å². The molecule has 4 nitrogen and oxygen atoms in total. The van der Waals surface area contributed by atoms with E-state index < -0.39 is 0 Å². The molecule has 0 aliphatic rings. The highest BCUT2D eigenvalue weighted by Crippen LogP contribution is 2.29. The van der Waals surface area contributed by atoms with Gasteiger partial charge in [0, 0.05) is 31.9 Å². The summed E-state index contributed by atoms with van der Waals surface area (Å²) in [6.07, 6.45) is 5.12. The van der Waals surface area contributed by atoms with E-state index in [9.17, 15) is 4.79 Å². The summed E-state index contributed by atoms with van der Waals surface area (Å²) >= 11 is 0. The Morgan fingerprint density at radius 2 is 1.71 bits per heavy atom. The predicted molar refractivity (Wildman–Crippen MR) is 85.2 cm³/mol. The summed E-state index contributed by atoms with van der Waals surface area (Å²) in [6, 6.07) is 5.33.